The van der Waals surface area contributed by atoms with E-state index < -0.39 is 17.3 Å². The Kier molecular flexibility index (Phi) is 3.54. The number of primary amides is 1. The highest BCUT2D eigenvalue weighted by Gasteiger charge is 2.40. The molecule has 1 aliphatic rings. The Morgan fingerprint density at radius 2 is 2.16 bits per heavy atom. The van der Waals surface area contributed by atoms with Gasteiger partial charge in [0.25, 0.3) is 0 Å². The second kappa shape index (κ2) is 4.85. The summed E-state index contributed by atoms with van der Waals surface area (Å²) in [6.07, 6.45) is 0.604. The third-order valence-electron chi connectivity index (χ3n) is 3.56. The molecule has 1 amide bonds. The molecule has 1 aromatic carbocycles. The van der Waals surface area contributed by atoms with Crippen LogP contribution in [0.25, 0.3) is 0 Å². The van der Waals surface area contributed by atoms with Gasteiger partial charge >= 0.3 is 5.97 Å². The van der Waals surface area contributed by atoms with Crippen LogP contribution in [0.4, 0.5) is 5.69 Å². The van der Waals surface area contributed by atoms with Crippen molar-refractivity contribution in [1.29, 1.82) is 0 Å². The first kappa shape index (κ1) is 13.9. The van der Waals surface area contributed by atoms with Crippen LogP contribution in [0.15, 0.2) is 22.7 Å². The van der Waals surface area contributed by atoms with E-state index in [2.05, 4.69) is 15.9 Å². The lowest BCUT2D eigenvalue weighted by Crippen LogP contribution is -2.31. The van der Waals surface area contributed by atoms with E-state index in [-0.39, 0.29) is 0 Å². The number of carbonyl (C=O) groups is 2. The van der Waals surface area contributed by atoms with Crippen LogP contribution in [0.5, 0.6) is 0 Å². The number of anilines is 1. The number of aliphatic carboxylic acids is 1. The van der Waals surface area contributed by atoms with Crippen molar-refractivity contribution in [1.82, 2.24) is 0 Å². The zero-order valence-electron chi connectivity index (χ0n) is 10.5. The molecule has 0 aromatic heterocycles. The number of nitrogens with zero attached hydrogens (tertiary/aromatic N) is 1. The Balaban J connectivity index is 2.25. The number of rotatable bonds is 3. The molecule has 0 radical (unpaired) electrons. The molecule has 1 aliphatic heterocycles. The summed E-state index contributed by atoms with van der Waals surface area (Å²) in [6.45, 7) is 2.88. The first-order valence-electron chi connectivity index (χ1n) is 5.91. The van der Waals surface area contributed by atoms with E-state index in [0.29, 0.717) is 25.1 Å². The van der Waals surface area contributed by atoms with Gasteiger partial charge < -0.3 is 15.7 Å². The zero-order chi connectivity index (χ0) is 14.2. The molecule has 1 heterocycles. The van der Waals surface area contributed by atoms with Gasteiger partial charge in [-0.2, -0.15) is 0 Å². The Hall–Kier alpha value is -1.56. The summed E-state index contributed by atoms with van der Waals surface area (Å²) in [4.78, 5) is 24.3. The van der Waals surface area contributed by atoms with Crippen LogP contribution in [0.3, 0.4) is 0 Å². The minimum Gasteiger partial charge on any atom is -0.481 e. The lowest BCUT2D eigenvalue weighted by molar-refractivity contribution is -0.146. The van der Waals surface area contributed by atoms with Crippen LogP contribution >= 0.6 is 15.9 Å². The number of halogens is 1. The highest BCUT2D eigenvalue weighted by molar-refractivity contribution is 9.10. The van der Waals surface area contributed by atoms with E-state index in [0.717, 1.165) is 10.2 Å². The Bertz CT molecular complexity index is 547. The maximum atomic E-state index is 11.2. The molecule has 6 heteroatoms. The molecule has 1 saturated heterocycles. The van der Waals surface area contributed by atoms with E-state index in [1.54, 1.807) is 25.1 Å². The van der Waals surface area contributed by atoms with E-state index in [9.17, 15) is 14.7 Å². The lowest BCUT2D eigenvalue weighted by Gasteiger charge is -2.23. The summed E-state index contributed by atoms with van der Waals surface area (Å²) in [5.74, 6) is -1.26. The highest BCUT2D eigenvalue weighted by atomic mass is 79.9. The van der Waals surface area contributed by atoms with Crippen molar-refractivity contribution in [2.24, 2.45) is 11.1 Å². The van der Waals surface area contributed by atoms with Gasteiger partial charge in [-0.3, -0.25) is 9.59 Å². The van der Waals surface area contributed by atoms with Crippen molar-refractivity contribution in [3.05, 3.63) is 28.2 Å². The Labute approximate surface area is 119 Å². The quantitative estimate of drug-likeness (QED) is 0.887. The molecule has 1 aromatic rings. The monoisotopic (exact) mass is 326 g/mol. The third-order valence-corrected chi connectivity index (χ3v) is 4.20. The van der Waals surface area contributed by atoms with Crippen LogP contribution in [-0.2, 0) is 4.79 Å². The number of nitrogens with two attached hydrogens (primary N) is 1. The van der Waals surface area contributed by atoms with Crippen molar-refractivity contribution < 1.29 is 14.7 Å². The van der Waals surface area contributed by atoms with E-state index in [4.69, 9.17) is 5.73 Å². The van der Waals surface area contributed by atoms with Crippen molar-refractivity contribution in [2.75, 3.05) is 18.0 Å². The number of amides is 1. The number of hydrogen-bond donors (Lipinski definition) is 2. The number of benzene rings is 1. The molecule has 5 nitrogen and oxygen atoms in total. The first-order valence-corrected chi connectivity index (χ1v) is 6.70. The van der Waals surface area contributed by atoms with Gasteiger partial charge in [-0.05, 0) is 47.5 Å². The molecule has 1 fully saturated rings. The molecule has 19 heavy (non-hydrogen) atoms. The average molecular weight is 327 g/mol. The van der Waals surface area contributed by atoms with Crippen molar-refractivity contribution in [3.63, 3.8) is 0 Å². The minimum atomic E-state index is -0.778. The maximum absolute atomic E-state index is 11.2. The van der Waals surface area contributed by atoms with Crippen LogP contribution in [-0.4, -0.2) is 30.1 Å². The average Bonchev–Trinajstić information content (AvgIpc) is 2.73. The summed E-state index contributed by atoms with van der Waals surface area (Å²) in [5.41, 5.74) is 5.81. The van der Waals surface area contributed by atoms with Crippen molar-refractivity contribution in [2.45, 2.75) is 13.3 Å². The van der Waals surface area contributed by atoms with Gasteiger partial charge in [-0.1, -0.05) is 0 Å². The van der Waals surface area contributed by atoms with E-state index in [1.807, 2.05) is 4.90 Å². The molecule has 0 saturated carbocycles. The summed E-state index contributed by atoms with van der Waals surface area (Å²) >= 11 is 3.40. The minimum absolute atomic E-state index is 0.427. The molecule has 2 rings (SSSR count). The fraction of sp³-hybridized carbons (Fsp3) is 0.385. The Morgan fingerprint density at radius 3 is 2.63 bits per heavy atom. The first-order chi connectivity index (χ1) is 8.83. The summed E-state index contributed by atoms with van der Waals surface area (Å²) in [5, 5.41) is 9.22. The van der Waals surface area contributed by atoms with Gasteiger partial charge in [-0.15, -0.1) is 0 Å². The molecular formula is C13H15BrN2O3. The third kappa shape index (κ3) is 2.58. The Morgan fingerprint density at radius 1 is 1.47 bits per heavy atom. The largest absolute Gasteiger partial charge is 0.481 e. The molecule has 102 valence electrons. The van der Waals surface area contributed by atoms with Gasteiger partial charge in [0.2, 0.25) is 5.91 Å². The summed E-state index contributed by atoms with van der Waals surface area (Å²) in [6, 6.07) is 5.10. The van der Waals surface area contributed by atoms with Gasteiger partial charge in [0, 0.05) is 23.1 Å². The standard InChI is InChI=1S/C13H15BrN2O3/c1-13(12(18)19)4-5-16(7-13)10-3-2-8(11(15)17)6-9(10)14/h2-3,6H,4-5,7H2,1H3,(H2,15,17)(H,18,19). The molecule has 3 N–H and O–H groups in total. The van der Waals surface area contributed by atoms with Crippen molar-refractivity contribution >= 4 is 33.5 Å². The topological polar surface area (TPSA) is 83.6 Å². The van der Waals surface area contributed by atoms with Gasteiger partial charge in [-0.25, -0.2) is 0 Å². The predicted molar refractivity (Wildman–Crippen MR) is 75.2 cm³/mol. The molecule has 0 aliphatic carbocycles. The van der Waals surface area contributed by atoms with Crippen LogP contribution in [0, 0.1) is 5.41 Å². The van der Waals surface area contributed by atoms with Crippen LogP contribution in [0.2, 0.25) is 0 Å². The predicted octanol–water partition coefficient (Wildman–Crippen LogP) is 1.85. The van der Waals surface area contributed by atoms with Crippen LogP contribution in [0.1, 0.15) is 23.7 Å². The molecule has 1 unspecified atom stereocenters. The molecular weight excluding hydrogens is 312 g/mol. The normalized spacial score (nSPS) is 22.5. The second-order valence-electron chi connectivity index (χ2n) is 5.07. The molecule has 0 bridgehead atoms. The fourth-order valence-corrected chi connectivity index (χ4v) is 2.89. The summed E-state index contributed by atoms with van der Waals surface area (Å²) < 4.78 is 0.749. The molecule has 1 atom stereocenters. The lowest BCUT2D eigenvalue weighted by atomic mass is 9.90. The zero-order valence-corrected chi connectivity index (χ0v) is 12.1. The number of carbonyl (C=O) groups excluding carboxylic acids is 1. The highest BCUT2D eigenvalue weighted by Crippen LogP contribution is 2.36. The van der Waals surface area contributed by atoms with Crippen molar-refractivity contribution in [3.8, 4) is 0 Å². The summed E-state index contributed by atoms with van der Waals surface area (Å²) in [7, 11) is 0. The second-order valence-corrected chi connectivity index (χ2v) is 5.92. The fourth-order valence-electron chi connectivity index (χ4n) is 2.26. The van der Waals surface area contributed by atoms with E-state index >= 15 is 0 Å². The van der Waals surface area contributed by atoms with E-state index in [1.165, 1.54) is 0 Å². The smallest absolute Gasteiger partial charge is 0.311 e. The van der Waals surface area contributed by atoms with Gasteiger partial charge in [0.1, 0.15) is 0 Å². The van der Waals surface area contributed by atoms with Gasteiger partial charge in [0.05, 0.1) is 11.1 Å². The SMILES string of the molecule is CC1(C(=O)O)CCN(c2ccc(C(N)=O)cc2Br)C1. The van der Waals surface area contributed by atoms with Crippen LogP contribution < -0.4 is 10.6 Å². The maximum Gasteiger partial charge on any atom is 0.311 e. The number of carboxylic acids is 1. The molecule has 0 spiro atoms. The number of carboxylic acid groups (broad SMARTS) is 1. The van der Waals surface area contributed by atoms with Gasteiger partial charge in [0.15, 0.2) is 0 Å². The number of hydrogen-bond acceptors (Lipinski definition) is 3.